The maximum Gasteiger partial charge on any atom is 0.242 e. The first kappa shape index (κ1) is 13.5. The molecular formula is C11H15N5O2S. The molecule has 8 heteroatoms. The minimum Gasteiger partial charge on any atom is -0.366 e. The summed E-state index contributed by atoms with van der Waals surface area (Å²) in [6, 6.07) is 6.33. The molecule has 19 heavy (non-hydrogen) atoms. The van der Waals surface area contributed by atoms with E-state index in [4.69, 9.17) is 5.73 Å². The predicted octanol–water partition coefficient (Wildman–Crippen LogP) is 0.536. The average Bonchev–Trinajstić information content (AvgIpc) is 2.74. The third kappa shape index (κ3) is 2.91. The van der Waals surface area contributed by atoms with E-state index in [0.29, 0.717) is 5.69 Å². The summed E-state index contributed by atoms with van der Waals surface area (Å²) in [7, 11) is -3.61. The number of nitrogen functional groups attached to an aromatic ring is 1. The molecule has 0 radical (unpaired) electrons. The van der Waals surface area contributed by atoms with Crippen LogP contribution in [0.5, 0.6) is 0 Å². The van der Waals surface area contributed by atoms with E-state index in [2.05, 4.69) is 14.8 Å². The van der Waals surface area contributed by atoms with Crippen molar-refractivity contribution in [2.45, 2.75) is 24.8 Å². The normalized spacial score (nSPS) is 11.9. The van der Waals surface area contributed by atoms with Crippen LogP contribution in [0.1, 0.15) is 13.8 Å². The fourth-order valence-electron chi connectivity index (χ4n) is 1.64. The molecule has 1 heterocycles. The predicted molar refractivity (Wildman–Crippen MR) is 71.2 cm³/mol. The zero-order valence-electron chi connectivity index (χ0n) is 10.6. The number of hydrogen-bond donors (Lipinski definition) is 2. The number of nitrogens with zero attached hydrogens (tertiary/aromatic N) is 3. The highest BCUT2D eigenvalue weighted by atomic mass is 32.2. The third-order valence-electron chi connectivity index (χ3n) is 2.30. The lowest BCUT2D eigenvalue weighted by molar-refractivity contribution is 0.569. The molecule has 0 fully saturated rings. The number of aromatic nitrogens is 3. The number of anilines is 1. The van der Waals surface area contributed by atoms with E-state index in [-0.39, 0.29) is 16.9 Å². The van der Waals surface area contributed by atoms with Gasteiger partial charge in [0.1, 0.15) is 11.2 Å². The molecule has 0 spiro atoms. The van der Waals surface area contributed by atoms with Crippen LogP contribution in [0.2, 0.25) is 0 Å². The van der Waals surface area contributed by atoms with Crippen LogP contribution in [0.3, 0.4) is 0 Å². The topological polar surface area (TPSA) is 103 Å². The van der Waals surface area contributed by atoms with Gasteiger partial charge < -0.3 is 5.73 Å². The smallest absolute Gasteiger partial charge is 0.242 e. The zero-order valence-corrected chi connectivity index (χ0v) is 11.4. The average molecular weight is 281 g/mol. The van der Waals surface area contributed by atoms with Crippen LogP contribution in [0, 0.1) is 0 Å². The first-order chi connectivity index (χ1) is 8.90. The first-order valence-electron chi connectivity index (χ1n) is 5.69. The van der Waals surface area contributed by atoms with Crippen molar-refractivity contribution < 1.29 is 8.42 Å². The molecule has 2 rings (SSSR count). The number of nitrogens with one attached hydrogen (secondary N) is 1. The molecular weight excluding hydrogens is 266 g/mol. The minimum atomic E-state index is -3.61. The lowest BCUT2D eigenvalue weighted by atomic mass is 10.3. The van der Waals surface area contributed by atoms with Gasteiger partial charge in [0, 0.05) is 6.04 Å². The van der Waals surface area contributed by atoms with Crippen molar-refractivity contribution in [3.8, 4) is 5.69 Å². The van der Waals surface area contributed by atoms with Gasteiger partial charge in [-0.2, -0.15) is 0 Å². The molecule has 0 saturated carbocycles. The van der Waals surface area contributed by atoms with Crippen molar-refractivity contribution in [3.05, 3.63) is 30.6 Å². The summed E-state index contributed by atoms with van der Waals surface area (Å²) in [5, 5.41) is 3.93. The number of nitrogens with two attached hydrogens (primary N) is 1. The SMILES string of the molecule is CC(C)NS(=O)(=O)c1ccccc1-n1cnc(N)n1. The van der Waals surface area contributed by atoms with Gasteiger partial charge in [-0.1, -0.05) is 12.1 Å². The third-order valence-corrected chi connectivity index (χ3v) is 4.01. The fraction of sp³-hybridized carbons (Fsp3) is 0.273. The number of benzene rings is 1. The Kier molecular flexibility index (Phi) is 3.54. The monoisotopic (exact) mass is 281 g/mol. The summed E-state index contributed by atoms with van der Waals surface area (Å²) in [6.07, 6.45) is 1.37. The molecule has 0 atom stereocenters. The van der Waals surface area contributed by atoms with Crippen LogP contribution in [0.15, 0.2) is 35.5 Å². The van der Waals surface area contributed by atoms with Crippen molar-refractivity contribution in [1.82, 2.24) is 19.5 Å². The maximum absolute atomic E-state index is 12.2. The lowest BCUT2D eigenvalue weighted by Crippen LogP contribution is -2.31. The van der Waals surface area contributed by atoms with E-state index in [0.717, 1.165) is 0 Å². The molecule has 0 unspecified atom stereocenters. The molecule has 0 aliphatic heterocycles. The van der Waals surface area contributed by atoms with E-state index in [1.165, 1.54) is 17.1 Å². The molecule has 0 saturated heterocycles. The van der Waals surface area contributed by atoms with Crippen molar-refractivity contribution in [2.75, 3.05) is 5.73 Å². The molecule has 1 aromatic carbocycles. The summed E-state index contributed by atoms with van der Waals surface area (Å²) < 4.78 is 28.3. The summed E-state index contributed by atoms with van der Waals surface area (Å²) in [4.78, 5) is 3.92. The van der Waals surface area contributed by atoms with Gasteiger partial charge in [0.15, 0.2) is 0 Å². The second-order valence-corrected chi connectivity index (χ2v) is 5.97. The van der Waals surface area contributed by atoms with Crippen LogP contribution in [-0.4, -0.2) is 29.2 Å². The standard InChI is InChI=1S/C11H15N5O2S/c1-8(2)15-19(17,18)10-6-4-3-5-9(10)16-7-13-11(12)14-16/h3-8,15H,1-2H3,(H2,12,14). The Balaban J connectivity index is 2.54. The van der Waals surface area contributed by atoms with Gasteiger partial charge in [0.25, 0.3) is 0 Å². The summed E-state index contributed by atoms with van der Waals surface area (Å²) in [5.74, 6) is 0.0871. The van der Waals surface area contributed by atoms with Crippen LogP contribution >= 0.6 is 0 Å². The number of sulfonamides is 1. The van der Waals surface area contributed by atoms with E-state index in [9.17, 15) is 8.42 Å². The van der Waals surface area contributed by atoms with E-state index >= 15 is 0 Å². The Morgan fingerprint density at radius 2 is 2.00 bits per heavy atom. The molecule has 0 aliphatic rings. The minimum absolute atomic E-state index is 0.0871. The van der Waals surface area contributed by atoms with E-state index in [1.807, 2.05) is 0 Å². The molecule has 1 aromatic heterocycles. The highest BCUT2D eigenvalue weighted by molar-refractivity contribution is 7.89. The Hall–Kier alpha value is -1.93. The van der Waals surface area contributed by atoms with Crippen LogP contribution in [-0.2, 0) is 10.0 Å². The molecule has 0 amide bonds. The number of rotatable bonds is 4. The fourth-order valence-corrected chi connectivity index (χ4v) is 3.08. The van der Waals surface area contributed by atoms with Gasteiger partial charge in [-0.15, -0.1) is 5.10 Å². The lowest BCUT2D eigenvalue weighted by Gasteiger charge is -2.12. The van der Waals surface area contributed by atoms with Crippen molar-refractivity contribution in [3.63, 3.8) is 0 Å². The second kappa shape index (κ2) is 4.98. The highest BCUT2D eigenvalue weighted by Gasteiger charge is 2.20. The maximum atomic E-state index is 12.2. The Morgan fingerprint density at radius 3 is 2.58 bits per heavy atom. The van der Waals surface area contributed by atoms with E-state index in [1.54, 1.807) is 32.0 Å². The summed E-state index contributed by atoms with van der Waals surface area (Å²) in [5.41, 5.74) is 5.85. The van der Waals surface area contributed by atoms with Gasteiger partial charge in [0.2, 0.25) is 16.0 Å². The van der Waals surface area contributed by atoms with Crippen LogP contribution in [0.25, 0.3) is 5.69 Å². The van der Waals surface area contributed by atoms with Gasteiger partial charge >= 0.3 is 0 Å². The Labute approximate surface area is 111 Å². The molecule has 0 bridgehead atoms. The molecule has 2 aromatic rings. The van der Waals surface area contributed by atoms with Crippen LogP contribution in [0.4, 0.5) is 5.95 Å². The van der Waals surface area contributed by atoms with Crippen LogP contribution < -0.4 is 10.5 Å². The van der Waals surface area contributed by atoms with Gasteiger partial charge in [0.05, 0.1) is 5.69 Å². The largest absolute Gasteiger partial charge is 0.366 e. The number of para-hydroxylation sites is 1. The Bertz CT molecular complexity index is 678. The molecule has 7 nitrogen and oxygen atoms in total. The van der Waals surface area contributed by atoms with E-state index < -0.39 is 10.0 Å². The molecule has 3 N–H and O–H groups in total. The van der Waals surface area contributed by atoms with Crippen molar-refractivity contribution in [2.24, 2.45) is 0 Å². The van der Waals surface area contributed by atoms with Crippen molar-refractivity contribution >= 4 is 16.0 Å². The van der Waals surface area contributed by atoms with Crippen molar-refractivity contribution in [1.29, 1.82) is 0 Å². The summed E-state index contributed by atoms with van der Waals surface area (Å²) in [6.45, 7) is 3.52. The Morgan fingerprint density at radius 1 is 1.32 bits per heavy atom. The van der Waals surface area contributed by atoms with Gasteiger partial charge in [-0.3, -0.25) is 0 Å². The van der Waals surface area contributed by atoms with Gasteiger partial charge in [-0.25, -0.2) is 22.8 Å². The second-order valence-electron chi connectivity index (χ2n) is 4.29. The first-order valence-corrected chi connectivity index (χ1v) is 7.17. The molecule has 0 aliphatic carbocycles. The zero-order chi connectivity index (χ0) is 14.0. The quantitative estimate of drug-likeness (QED) is 0.851. The number of hydrogen-bond acceptors (Lipinski definition) is 5. The van der Waals surface area contributed by atoms with Gasteiger partial charge in [-0.05, 0) is 26.0 Å². The highest BCUT2D eigenvalue weighted by Crippen LogP contribution is 2.19. The summed E-state index contributed by atoms with van der Waals surface area (Å²) >= 11 is 0. The molecule has 102 valence electrons.